The van der Waals surface area contributed by atoms with Gasteiger partial charge in [-0.25, -0.2) is 17.5 Å². The summed E-state index contributed by atoms with van der Waals surface area (Å²) in [7, 11) is -3.95. The summed E-state index contributed by atoms with van der Waals surface area (Å²) in [5.41, 5.74) is 0. The zero-order valence-electron chi connectivity index (χ0n) is 11.2. The molecule has 1 heterocycles. The van der Waals surface area contributed by atoms with Crippen molar-refractivity contribution < 1.29 is 23.1 Å². The molecule has 0 bridgehead atoms. The molecule has 2 amide bonds. The number of carbonyl (C=O) groups is 2. The summed E-state index contributed by atoms with van der Waals surface area (Å²) >= 11 is 0. The highest BCUT2D eigenvalue weighted by Crippen LogP contribution is 2.21. The standard InChI is InChI=1S/C13H16N2O5S/c16-12-11(14-13(17)18)8-4-5-9-15(12)21(19,20)10-6-2-1-3-7-10/h1-3,6-7,11,14H,4-5,8-9H2,(H,17,18)/t11-/m0/s1. The molecule has 1 fully saturated rings. The molecule has 21 heavy (non-hydrogen) atoms. The Morgan fingerprint density at radius 1 is 1.24 bits per heavy atom. The first-order valence-corrected chi connectivity index (χ1v) is 7.98. The van der Waals surface area contributed by atoms with Crippen LogP contribution in [0, 0.1) is 0 Å². The molecular weight excluding hydrogens is 296 g/mol. The average molecular weight is 312 g/mol. The number of rotatable bonds is 3. The lowest BCUT2D eigenvalue weighted by molar-refractivity contribution is -0.128. The molecule has 7 nitrogen and oxygen atoms in total. The van der Waals surface area contributed by atoms with Crippen LogP contribution in [0.3, 0.4) is 0 Å². The molecule has 1 saturated heterocycles. The molecule has 0 radical (unpaired) electrons. The maximum Gasteiger partial charge on any atom is 0.405 e. The highest BCUT2D eigenvalue weighted by atomic mass is 32.2. The lowest BCUT2D eigenvalue weighted by atomic mass is 10.1. The van der Waals surface area contributed by atoms with Crippen molar-refractivity contribution in [3.05, 3.63) is 30.3 Å². The Kier molecular flexibility index (Phi) is 4.46. The van der Waals surface area contributed by atoms with Gasteiger partial charge in [-0.2, -0.15) is 0 Å². The van der Waals surface area contributed by atoms with Gasteiger partial charge in [0.15, 0.2) is 0 Å². The largest absolute Gasteiger partial charge is 0.465 e. The van der Waals surface area contributed by atoms with E-state index in [9.17, 15) is 18.0 Å². The second kappa shape index (κ2) is 6.13. The van der Waals surface area contributed by atoms with E-state index in [4.69, 9.17) is 5.11 Å². The molecular formula is C13H16N2O5S. The maximum atomic E-state index is 12.5. The number of nitrogens with zero attached hydrogens (tertiary/aromatic N) is 1. The molecule has 0 spiro atoms. The van der Waals surface area contributed by atoms with Gasteiger partial charge in [-0.1, -0.05) is 18.2 Å². The summed E-state index contributed by atoms with van der Waals surface area (Å²) in [5.74, 6) is -0.723. The lowest BCUT2D eigenvalue weighted by Crippen LogP contribution is -2.49. The SMILES string of the molecule is O=C(O)N[C@H]1CCCCN(S(=O)(=O)c2ccccc2)C1=O. The Balaban J connectivity index is 2.32. The highest BCUT2D eigenvalue weighted by molar-refractivity contribution is 7.89. The van der Waals surface area contributed by atoms with Gasteiger partial charge in [0.05, 0.1) is 4.90 Å². The van der Waals surface area contributed by atoms with Crippen LogP contribution in [0.5, 0.6) is 0 Å². The fourth-order valence-electron chi connectivity index (χ4n) is 2.25. The normalized spacial score (nSPS) is 19.9. The molecule has 1 aliphatic rings. The molecule has 2 N–H and O–H groups in total. The molecule has 0 aromatic heterocycles. The van der Waals surface area contributed by atoms with Crippen LogP contribution in [-0.4, -0.2) is 42.4 Å². The molecule has 0 aliphatic carbocycles. The van der Waals surface area contributed by atoms with E-state index in [2.05, 4.69) is 5.32 Å². The number of sulfonamides is 1. The summed E-state index contributed by atoms with van der Waals surface area (Å²) < 4.78 is 25.8. The molecule has 0 unspecified atom stereocenters. The van der Waals surface area contributed by atoms with Crippen molar-refractivity contribution in [3.8, 4) is 0 Å². The van der Waals surface area contributed by atoms with Gasteiger partial charge in [0, 0.05) is 6.54 Å². The number of hydrogen-bond donors (Lipinski definition) is 2. The van der Waals surface area contributed by atoms with Crippen LogP contribution in [0.25, 0.3) is 0 Å². The molecule has 1 aromatic rings. The van der Waals surface area contributed by atoms with E-state index < -0.39 is 28.1 Å². The van der Waals surface area contributed by atoms with Crippen molar-refractivity contribution in [2.24, 2.45) is 0 Å². The Hall–Kier alpha value is -2.09. The first-order chi connectivity index (χ1) is 9.93. The van der Waals surface area contributed by atoms with Gasteiger partial charge in [0.25, 0.3) is 15.9 Å². The van der Waals surface area contributed by atoms with Crippen LogP contribution in [0.15, 0.2) is 35.2 Å². The number of nitrogens with one attached hydrogen (secondary N) is 1. The third-order valence-corrected chi connectivity index (χ3v) is 5.09. The van der Waals surface area contributed by atoms with E-state index >= 15 is 0 Å². The Morgan fingerprint density at radius 2 is 1.90 bits per heavy atom. The molecule has 0 saturated carbocycles. The van der Waals surface area contributed by atoms with Crippen LogP contribution in [-0.2, 0) is 14.8 Å². The van der Waals surface area contributed by atoms with Gasteiger partial charge in [0.1, 0.15) is 6.04 Å². The number of carboxylic acid groups (broad SMARTS) is 1. The average Bonchev–Trinajstić information content (AvgIpc) is 2.62. The first-order valence-electron chi connectivity index (χ1n) is 6.54. The second-order valence-electron chi connectivity index (χ2n) is 4.73. The maximum absolute atomic E-state index is 12.5. The van der Waals surface area contributed by atoms with Crippen molar-refractivity contribution >= 4 is 22.0 Å². The van der Waals surface area contributed by atoms with Gasteiger partial charge in [0.2, 0.25) is 0 Å². The van der Waals surface area contributed by atoms with Crippen LogP contribution in [0.4, 0.5) is 4.79 Å². The van der Waals surface area contributed by atoms with Crippen LogP contribution in [0.2, 0.25) is 0 Å². The summed E-state index contributed by atoms with van der Waals surface area (Å²) in [6.45, 7) is 0.0634. The van der Waals surface area contributed by atoms with Crippen LogP contribution < -0.4 is 5.32 Å². The number of carbonyl (C=O) groups excluding carboxylic acids is 1. The fraction of sp³-hybridized carbons (Fsp3) is 0.385. The number of benzene rings is 1. The minimum atomic E-state index is -3.95. The van der Waals surface area contributed by atoms with E-state index in [1.165, 1.54) is 12.1 Å². The fourth-order valence-corrected chi connectivity index (χ4v) is 3.74. The smallest absolute Gasteiger partial charge is 0.405 e. The van der Waals surface area contributed by atoms with Crippen molar-refractivity contribution in [1.29, 1.82) is 0 Å². The minimum absolute atomic E-state index is 0.0225. The van der Waals surface area contributed by atoms with E-state index in [0.29, 0.717) is 19.3 Å². The molecule has 1 atom stereocenters. The van der Waals surface area contributed by atoms with Crippen molar-refractivity contribution in [3.63, 3.8) is 0 Å². The molecule has 1 aromatic carbocycles. The van der Waals surface area contributed by atoms with Crippen LogP contribution in [0.1, 0.15) is 19.3 Å². The van der Waals surface area contributed by atoms with Gasteiger partial charge >= 0.3 is 6.09 Å². The summed E-state index contributed by atoms with van der Waals surface area (Å²) in [6, 6.07) is 6.62. The molecule has 114 valence electrons. The summed E-state index contributed by atoms with van der Waals surface area (Å²) in [4.78, 5) is 23.1. The predicted molar refractivity (Wildman–Crippen MR) is 74.1 cm³/mol. The Morgan fingerprint density at radius 3 is 2.52 bits per heavy atom. The summed E-state index contributed by atoms with van der Waals surface area (Å²) in [6.07, 6.45) is 0.0475. The zero-order chi connectivity index (χ0) is 15.5. The molecule has 8 heteroatoms. The third-order valence-electron chi connectivity index (χ3n) is 3.28. The van der Waals surface area contributed by atoms with E-state index in [-0.39, 0.29) is 11.4 Å². The van der Waals surface area contributed by atoms with Gasteiger partial charge in [-0.05, 0) is 31.4 Å². The van der Waals surface area contributed by atoms with Crippen molar-refractivity contribution in [2.45, 2.75) is 30.2 Å². The lowest BCUT2D eigenvalue weighted by Gasteiger charge is -2.23. The topological polar surface area (TPSA) is 104 Å². The first kappa shape index (κ1) is 15.3. The van der Waals surface area contributed by atoms with Crippen molar-refractivity contribution in [1.82, 2.24) is 9.62 Å². The monoisotopic (exact) mass is 312 g/mol. The van der Waals surface area contributed by atoms with E-state index in [0.717, 1.165) is 4.31 Å². The summed E-state index contributed by atoms with van der Waals surface area (Å²) in [5, 5.41) is 10.8. The predicted octanol–water partition coefficient (Wildman–Crippen LogP) is 1.02. The van der Waals surface area contributed by atoms with Gasteiger partial charge < -0.3 is 10.4 Å². The Labute approximate surface area is 122 Å². The van der Waals surface area contributed by atoms with E-state index in [1.807, 2.05) is 0 Å². The van der Waals surface area contributed by atoms with Crippen molar-refractivity contribution in [2.75, 3.05) is 6.54 Å². The van der Waals surface area contributed by atoms with Gasteiger partial charge in [-0.3, -0.25) is 4.79 Å². The second-order valence-corrected chi connectivity index (χ2v) is 6.59. The van der Waals surface area contributed by atoms with Crippen LogP contribution >= 0.6 is 0 Å². The third kappa shape index (κ3) is 3.33. The quantitative estimate of drug-likeness (QED) is 0.867. The number of amides is 2. The molecule has 2 rings (SSSR count). The number of hydrogen-bond acceptors (Lipinski definition) is 4. The van der Waals surface area contributed by atoms with E-state index in [1.54, 1.807) is 18.2 Å². The Bertz CT molecular complexity index is 629. The highest BCUT2D eigenvalue weighted by Gasteiger charge is 2.36. The minimum Gasteiger partial charge on any atom is -0.465 e. The molecule has 1 aliphatic heterocycles. The van der Waals surface area contributed by atoms with Gasteiger partial charge in [-0.15, -0.1) is 0 Å². The zero-order valence-corrected chi connectivity index (χ0v) is 12.0.